The van der Waals surface area contributed by atoms with E-state index in [9.17, 15) is 9.59 Å². The minimum Gasteiger partial charge on any atom is -0.303 e. The molecule has 0 aromatic heterocycles. The van der Waals surface area contributed by atoms with Gasteiger partial charge in [-0.2, -0.15) is 0 Å². The fourth-order valence-electron chi connectivity index (χ4n) is 1.92. The van der Waals surface area contributed by atoms with Crippen LogP contribution < -0.4 is 10.6 Å². The summed E-state index contributed by atoms with van der Waals surface area (Å²) in [7, 11) is 0. The molecule has 3 rings (SSSR count). The highest BCUT2D eigenvalue weighted by molar-refractivity contribution is 7.99. The van der Waals surface area contributed by atoms with Crippen LogP contribution in [0.15, 0.2) is 64.0 Å². The van der Waals surface area contributed by atoms with Crippen LogP contribution in [0.2, 0.25) is 5.02 Å². The molecule has 0 saturated carbocycles. The van der Waals surface area contributed by atoms with Gasteiger partial charge in [0.15, 0.2) is 0 Å². The highest BCUT2D eigenvalue weighted by atomic mass is 35.5. The average Bonchev–Trinajstić information content (AvgIpc) is 2.81. The van der Waals surface area contributed by atoms with Crippen LogP contribution in [0, 0.1) is 0 Å². The number of halogens is 1. The average molecular weight is 331 g/mol. The first-order chi connectivity index (χ1) is 10.6. The van der Waals surface area contributed by atoms with Gasteiger partial charge in [0.1, 0.15) is 5.70 Å². The van der Waals surface area contributed by atoms with Gasteiger partial charge in [0.25, 0.3) is 5.91 Å². The van der Waals surface area contributed by atoms with E-state index in [1.165, 1.54) is 0 Å². The monoisotopic (exact) mass is 330 g/mol. The van der Waals surface area contributed by atoms with Crippen LogP contribution in [0.25, 0.3) is 6.08 Å². The van der Waals surface area contributed by atoms with Crippen LogP contribution in [-0.4, -0.2) is 11.9 Å². The highest BCUT2D eigenvalue weighted by Crippen LogP contribution is 2.28. The van der Waals surface area contributed by atoms with Gasteiger partial charge in [-0.1, -0.05) is 35.5 Å². The Morgan fingerprint density at radius 3 is 2.00 bits per heavy atom. The van der Waals surface area contributed by atoms with Crippen molar-refractivity contribution in [2.45, 2.75) is 9.79 Å². The zero-order valence-electron chi connectivity index (χ0n) is 11.3. The van der Waals surface area contributed by atoms with E-state index in [-0.39, 0.29) is 5.70 Å². The molecule has 110 valence electrons. The minimum atomic E-state index is -0.494. The van der Waals surface area contributed by atoms with Gasteiger partial charge in [-0.15, -0.1) is 0 Å². The molecule has 6 heteroatoms. The molecule has 1 aliphatic heterocycles. The summed E-state index contributed by atoms with van der Waals surface area (Å²) >= 11 is 7.48. The van der Waals surface area contributed by atoms with Gasteiger partial charge in [-0.05, 0) is 48.0 Å². The largest absolute Gasteiger partial charge is 0.326 e. The Kier molecular flexibility index (Phi) is 4.18. The van der Waals surface area contributed by atoms with Crippen molar-refractivity contribution in [2.24, 2.45) is 0 Å². The molecule has 1 fully saturated rings. The zero-order valence-corrected chi connectivity index (χ0v) is 12.9. The Balaban J connectivity index is 1.73. The smallest absolute Gasteiger partial charge is 0.303 e. The molecule has 2 aromatic rings. The maximum absolute atomic E-state index is 11.4. The summed E-state index contributed by atoms with van der Waals surface area (Å²) in [4.78, 5) is 24.7. The number of nitrogens with one attached hydrogen (secondary N) is 2. The summed E-state index contributed by atoms with van der Waals surface area (Å²) in [5.41, 5.74) is 1.09. The topological polar surface area (TPSA) is 58.2 Å². The van der Waals surface area contributed by atoms with Crippen molar-refractivity contribution in [1.29, 1.82) is 0 Å². The van der Waals surface area contributed by atoms with Gasteiger partial charge >= 0.3 is 6.03 Å². The molecule has 4 nitrogen and oxygen atoms in total. The van der Waals surface area contributed by atoms with Crippen molar-refractivity contribution in [3.63, 3.8) is 0 Å². The molecular weight excluding hydrogens is 320 g/mol. The van der Waals surface area contributed by atoms with Gasteiger partial charge in [0.05, 0.1) is 0 Å². The number of amides is 3. The first kappa shape index (κ1) is 14.7. The van der Waals surface area contributed by atoms with Crippen LogP contribution >= 0.6 is 23.4 Å². The third-order valence-electron chi connectivity index (χ3n) is 2.96. The molecule has 3 amide bonds. The minimum absolute atomic E-state index is 0.253. The molecule has 0 atom stereocenters. The second kappa shape index (κ2) is 6.25. The third kappa shape index (κ3) is 3.50. The number of carbonyl (C=O) groups is 2. The summed E-state index contributed by atoms with van der Waals surface area (Å²) in [5, 5.41) is 5.33. The summed E-state index contributed by atoms with van der Waals surface area (Å²) < 4.78 is 0. The van der Waals surface area contributed by atoms with Crippen LogP contribution in [0.5, 0.6) is 0 Å². The lowest BCUT2D eigenvalue weighted by molar-refractivity contribution is -0.115. The number of imide groups is 1. The van der Waals surface area contributed by atoms with Crippen LogP contribution in [0.4, 0.5) is 4.79 Å². The van der Waals surface area contributed by atoms with Gasteiger partial charge in [0, 0.05) is 14.8 Å². The van der Waals surface area contributed by atoms with Crippen molar-refractivity contribution in [1.82, 2.24) is 10.6 Å². The van der Waals surface area contributed by atoms with E-state index in [4.69, 9.17) is 11.6 Å². The predicted octanol–water partition coefficient (Wildman–Crippen LogP) is 3.67. The lowest BCUT2D eigenvalue weighted by Crippen LogP contribution is -2.22. The van der Waals surface area contributed by atoms with Crippen molar-refractivity contribution in [2.75, 3.05) is 0 Å². The number of hydrogen-bond acceptors (Lipinski definition) is 3. The zero-order chi connectivity index (χ0) is 15.5. The van der Waals surface area contributed by atoms with E-state index >= 15 is 0 Å². The lowest BCUT2D eigenvalue weighted by atomic mass is 10.2. The molecule has 0 bridgehead atoms. The summed E-state index contributed by atoms with van der Waals surface area (Å²) in [5.74, 6) is -0.412. The first-order valence-corrected chi connectivity index (χ1v) is 7.67. The molecule has 0 radical (unpaired) electrons. The van der Waals surface area contributed by atoms with Crippen molar-refractivity contribution in [3.8, 4) is 0 Å². The van der Waals surface area contributed by atoms with Gasteiger partial charge in [-0.25, -0.2) is 4.79 Å². The normalized spacial score (nSPS) is 15.8. The maximum atomic E-state index is 11.4. The van der Waals surface area contributed by atoms with E-state index in [0.29, 0.717) is 5.02 Å². The maximum Gasteiger partial charge on any atom is 0.326 e. The third-order valence-corrected chi connectivity index (χ3v) is 4.23. The molecular formula is C16H11ClN2O2S. The number of benzene rings is 2. The second-order valence-corrected chi connectivity index (χ2v) is 6.17. The van der Waals surface area contributed by atoms with Crippen LogP contribution in [0.3, 0.4) is 0 Å². The summed E-state index contributed by atoms with van der Waals surface area (Å²) in [6, 6.07) is 14.8. The molecule has 2 aromatic carbocycles. The van der Waals surface area contributed by atoms with E-state index in [0.717, 1.165) is 15.4 Å². The Labute approximate surface area is 136 Å². The molecule has 1 heterocycles. The molecule has 1 aliphatic rings. The molecule has 0 aliphatic carbocycles. The fraction of sp³-hybridized carbons (Fsp3) is 0. The molecule has 1 saturated heterocycles. The van der Waals surface area contributed by atoms with E-state index in [1.54, 1.807) is 17.8 Å². The van der Waals surface area contributed by atoms with E-state index in [2.05, 4.69) is 10.6 Å². The standard InChI is InChI=1S/C16H11ClN2O2S/c17-11-3-7-13(8-4-11)22-12-5-1-10(2-6-12)9-14-15(20)19-16(21)18-14/h1-9H,(H2,18,19,20,21)/b14-9+. The van der Waals surface area contributed by atoms with E-state index in [1.807, 2.05) is 48.5 Å². The quantitative estimate of drug-likeness (QED) is 0.667. The molecule has 22 heavy (non-hydrogen) atoms. The van der Waals surface area contributed by atoms with Gasteiger partial charge < -0.3 is 5.32 Å². The Hall–Kier alpha value is -2.24. The molecule has 2 N–H and O–H groups in total. The Morgan fingerprint density at radius 2 is 1.45 bits per heavy atom. The summed E-state index contributed by atoms with van der Waals surface area (Å²) in [6.45, 7) is 0. The highest BCUT2D eigenvalue weighted by Gasteiger charge is 2.22. The van der Waals surface area contributed by atoms with Gasteiger partial charge in [-0.3, -0.25) is 10.1 Å². The number of rotatable bonds is 3. The number of urea groups is 1. The first-order valence-electron chi connectivity index (χ1n) is 6.48. The molecule has 0 spiro atoms. The fourth-order valence-corrected chi connectivity index (χ4v) is 2.86. The SMILES string of the molecule is O=C1NC(=O)/C(=C\c2ccc(Sc3ccc(Cl)cc3)cc2)N1. The van der Waals surface area contributed by atoms with Crippen LogP contribution in [0.1, 0.15) is 5.56 Å². The van der Waals surface area contributed by atoms with Crippen molar-refractivity contribution in [3.05, 3.63) is 64.8 Å². The van der Waals surface area contributed by atoms with Crippen molar-refractivity contribution >= 4 is 41.4 Å². The second-order valence-electron chi connectivity index (χ2n) is 4.59. The number of carbonyl (C=O) groups excluding carboxylic acids is 2. The van der Waals surface area contributed by atoms with E-state index < -0.39 is 11.9 Å². The lowest BCUT2D eigenvalue weighted by Gasteiger charge is -2.03. The van der Waals surface area contributed by atoms with Crippen LogP contribution in [-0.2, 0) is 4.79 Å². The predicted molar refractivity (Wildman–Crippen MR) is 86.7 cm³/mol. The van der Waals surface area contributed by atoms with Gasteiger partial charge in [0.2, 0.25) is 0 Å². The molecule has 0 unspecified atom stereocenters. The number of hydrogen-bond donors (Lipinski definition) is 2. The Bertz CT molecular complexity index is 755. The van der Waals surface area contributed by atoms with Crippen molar-refractivity contribution < 1.29 is 9.59 Å². The summed E-state index contributed by atoms with van der Waals surface area (Å²) in [6.07, 6.45) is 1.64. The Morgan fingerprint density at radius 1 is 0.864 bits per heavy atom.